The molecule has 10 heteroatoms. The molecule has 6 aliphatic rings. The van der Waals surface area contributed by atoms with E-state index in [-0.39, 0.29) is 53.8 Å². The molecule has 1 saturated heterocycles. The lowest BCUT2D eigenvalue weighted by Gasteiger charge is -2.38. The second kappa shape index (κ2) is 15.4. The summed E-state index contributed by atoms with van der Waals surface area (Å²) in [4.78, 5) is 53.2. The third kappa shape index (κ3) is 8.21. The molecule has 1 aliphatic heterocycles. The van der Waals surface area contributed by atoms with E-state index >= 15 is 0 Å². The molecule has 52 heavy (non-hydrogen) atoms. The summed E-state index contributed by atoms with van der Waals surface area (Å²) in [7, 11) is 0. The minimum Gasteiger partial charge on any atom is -0.426 e. The predicted molar refractivity (Wildman–Crippen MR) is 189 cm³/mol. The van der Waals surface area contributed by atoms with Crippen molar-refractivity contribution in [1.29, 1.82) is 0 Å². The molecule has 3 saturated carbocycles. The Balaban J connectivity index is 0.825. The summed E-state index contributed by atoms with van der Waals surface area (Å²) >= 11 is 0. The van der Waals surface area contributed by atoms with Crippen LogP contribution in [0.2, 0.25) is 0 Å². The van der Waals surface area contributed by atoms with Gasteiger partial charge in [0.1, 0.15) is 11.5 Å². The van der Waals surface area contributed by atoms with Crippen LogP contribution in [0.15, 0.2) is 66.8 Å². The molecule has 5 aliphatic carbocycles. The second-order valence-electron chi connectivity index (χ2n) is 15.5. The van der Waals surface area contributed by atoms with Gasteiger partial charge in [-0.3, -0.25) is 19.3 Å². The fourth-order valence-electron chi connectivity index (χ4n) is 9.52. The minimum absolute atomic E-state index is 0.118. The number of benzene rings is 2. The minimum atomic E-state index is -4.06. The maximum atomic E-state index is 13.2. The third-order valence-electron chi connectivity index (χ3n) is 12.3. The lowest BCUT2D eigenvalue weighted by molar-refractivity contribution is -0.140. The normalized spacial score (nSPS) is 30.1. The van der Waals surface area contributed by atoms with E-state index in [0.29, 0.717) is 41.4 Å². The standard InChI is InChI=1S/C42H46F3NO6/c43-42(44,45)25-1-2-26-3-8-28(9-4-26)29-10-16-32(17-11-29)41(50)52-35-20-5-27(6-21-35)7-24-36(47)51-34-22-18-33(19-23-34)46-39(48)37-30-12-13-31(15-14-30)38(37)40(46)49/h5-7,12-13,18-24,26,28-32,37-38H,1-4,8-11,14-17,25H2/b24-7+. The van der Waals surface area contributed by atoms with Crippen molar-refractivity contribution >= 4 is 35.5 Å². The first-order chi connectivity index (χ1) is 25.0. The van der Waals surface area contributed by atoms with Crippen LogP contribution < -0.4 is 14.4 Å². The van der Waals surface area contributed by atoms with Crippen molar-refractivity contribution in [3.05, 3.63) is 72.3 Å². The fraction of sp³-hybridized carbons (Fsp3) is 0.524. The number of fused-ring (bicyclic) bond motifs is 1. The van der Waals surface area contributed by atoms with Crippen molar-refractivity contribution in [3.8, 4) is 11.5 Å². The van der Waals surface area contributed by atoms with Crippen LogP contribution in [0.25, 0.3) is 6.08 Å². The molecule has 8 rings (SSSR count). The van der Waals surface area contributed by atoms with Gasteiger partial charge in [-0.2, -0.15) is 13.2 Å². The van der Waals surface area contributed by atoms with E-state index in [0.717, 1.165) is 69.8 Å². The van der Waals surface area contributed by atoms with Gasteiger partial charge in [0.15, 0.2) is 0 Å². The van der Waals surface area contributed by atoms with Gasteiger partial charge in [0.2, 0.25) is 11.8 Å². The molecule has 4 unspecified atom stereocenters. The van der Waals surface area contributed by atoms with Gasteiger partial charge in [-0.15, -0.1) is 0 Å². The van der Waals surface area contributed by atoms with Gasteiger partial charge in [0, 0.05) is 12.5 Å². The number of halogens is 3. The van der Waals surface area contributed by atoms with Gasteiger partial charge in [-0.05, 0) is 135 Å². The van der Waals surface area contributed by atoms with Crippen LogP contribution >= 0.6 is 0 Å². The number of esters is 2. The Hall–Kier alpha value is -4.21. The van der Waals surface area contributed by atoms with E-state index in [4.69, 9.17) is 9.47 Å². The van der Waals surface area contributed by atoms with Gasteiger partial charge >= 0.3 is 18.1 Å². The summed E-state index contributed by atoms with van der Waals surface area (Å²) in [6, 6.07) is 13.3. The molecule has 7 nitrogen and oxygen atoms in total. The average molecular weight is 718 g/mol. The van der Waals surface area contributed by atoms with Gasteiger partial charge in [-0.1, -0.05) is 43.5 Å². The van der Waals surface area contributed by atoms with Crippen molar-refractivity contribution in [3.63, 3.8) is 0 Å². The van der Waals surface area contributed by atoms with E-state index in [1.165, 1.54) is 11.0 Å². The molecular formula is C42H46F3NO6. The first kappa shape index (κ1) is 36.2. The third-order valence-corrected chi connectivity index (χ3v) is 12.3. The highest BCUT2D eigenvalue weighted by Gasteiger charge is 2.56. The molecule has 4 fully saturated rings. The summed E-state index contributed by atoms with van der Waals surface area (Å²) in [5.41, 5.74) is 1.20. The van der Waals surface area contributed by atoms with Crippen LogP contribution in [0.1, 0.15) is 89.0 Å². The molecule has 2 bridgehead atoms. The number of imide groups is 1. The molecule has 0 radical (unpaired) electrons. The maximum absolute atomic E-state index is 13.2. The number of amides is 2. The molecule has 0 N–H and O–H groups in total. The van der Waals surface area contributed by atoms with Gasteiger partial charge < -0.3 is 9.47 Å². The summed E-state index contributed by atoms with van der Waals surface area (Å²) < 4.78 is 48.6. The second-order valence-corrected chi connectivity index (χ2v) is 15.5. The van der Waals surface area contributed by atoms with E-state index in [1.54, 1.807) is 54.6 Å². The molecule has 2 aromatic carbocycles. The molecule has 0 aromatic heterocycles. The summed E-state index contributed by atoms with van der Waals surface area (Å²) in [5, 5.41) is 0. The monoisotopic (exact) mass is 717 g/mol. The predicted octanol–water partition coefficient (Wildman–Crippen LogP) is 9.26. The Kier molecular flexibility index (Phi) is 10.7. The topological polar surface area (TPSA) is 90.0 Å². The maximum Gasteiger partial charge on any atom is 0.389 e. The number of alkyl halides is 3. The van der Waals surface area contributed by atoms with E-state index in [2.05, 4.69) is 12.2 Å². The smallest absolute Gasteiger partial charge is 0.389 e. The van der Waals surface area contributed by atoms with E-state index in [9.17, 15) is 32.3 Å². The zero-order chi connectivity index (χ0) is 36.4. The number of nitrogens with zero attached hydrogens (tertiary/aromatic N) is 1. The highest BCUT2D eigenvalue weighted by Crippen LogP contribution is 2.50. The van der Waals surface area contributed by atoms with Crippen molar-refractivity contribution in [1.82, 2.24) is 0 Å². The summed E-state index contributed by atoms with van der Waals surface area (Å²) in [6.45, 7) is 0. The fourth-order valence-corrected chi connectivity index (χ4v) is 9.52. The number of rotatable bonds is 10. The number of ether oxygens (including phenoxy) is 2. The van der Waals surface area contributed by atoms with Crippen LogP contribution in [0.5, 0.6) is 11.5 Å². The Morgan fingerprint density at radius 2 is 1.25 bits per heavy atom. The van der Waals surface area contributed by atoms with Gasteiger partial charge in [0.25, 0.3) is 0 Å². The van der Waals surface area contributed by atoms with Gasteiger partial charge in [-0.25, -0.2) is 4.79 Å². The molecule has 2 amide bonds. The van der Waals surface area contributed by atoms with Crippen molar-refractivity contribution in [2.75, 3.05) is 4.90 Å². The van der Waals surface area contributed by atoms with Crippen molar-refractivity contribution < 1.29 is 41.8 Å². The molecule has 0 spiro atoms. The Morgan fingerprint density at radius 3 is 1.81 bits per heavy atom. The van der Waals surface area contributed by atoms with Crippen LogP contribution in [-0.2, 0) is 19.2 Å². The Bertz CT molecular complexity index is 1650. The quantitative estimate of drug-likeness (QED) is 0.0801. The zero-order valence-corrected chi connectivity index (χ0v) is 29.3. The Morgan fingerprint density at radius 1 is 0.712 bits per heavy atom. The molecular weight excluding hydrogens is 671 g/mol. The van der Waals surface area contributed by atoms with Crippen molar-refractivity contribution in [2.24, 2.45) is 47.3 Å². The van der Waals surface area contributed by atoms with Crippen molar-refractivity contribution in [2.45, 2.75) is 89.6 Å². The first-order valence-corrected chi connectivity index (χ1v) is 19.0. The molecule has 1 heterocycles. The summed E-state index contributed by atoms with van der Waals surface area (Å²) in [5.74, 6) is 0.706. The largest absolute Gasteiger partial charge is 0.426 e. The number of hydrogen-bond donors (Lipinski definition) is 0. The SMILES string of the molecule is O=C(/C=C/c1ccc(OC(=O)C2CCC(C3CCC(CCCC(F)(F)F)CC3)CC2)cc1)Oc1ccc(N2C(=O)C3C4C=CC(CC4)C3C2=O)cc1. The van der Waals surface area contributed by atoms with Crippen LogP contribution in [-0.4, -0.2) is 29.9 Å². The molecule has 276 valence electrons. The number of allylic oxidation sites excluding steroid dienone is 2. The van der Waals surface area contributed by atoms with Crippen LogP contribution in [0.4, 0.5) is 18.9 Å². The number of anilines is 1. The Labute approximate surface area is 302 Å². The summed E-state index contributed by atoms with van der Waals surface area (Å²) in [6.07, 6.45) is 12.8. The van der Waals surface area contributed by atoms with Gasteiger partial charge in [0.05, 0.1) is 23.4 Å². The molecule has 2 aromatic rings. The highest BCUT2D eigenvalue weighted by atomic mass is 19.4. The first-order valence-electron chi connectivity index (χ1n) is 19.0. The highest BCUT2D eigenvalue weighted by molar-refractivity contribution is 6.22. The number of carbonyl (C=O) groups excluding carboxylic acids is 4. The molecule has 4 atom stereocenters. The van der Waals surface area contributed by atoms with Crippen LogP contribution in [0.3, 0.4) is 0 Å². The van der Waals surface area contributed by atoms with Crippen LogP contribution in [0, 0.1) is 47.3 Å². The average Bonchev–Trinajstić information content (AvgIpc) is 3.43. The number of hydrogen-bond acceptors (Lipinski definition) is 6. The van der Waals surface area contributed by atoms with E-state index < -0.39 is 18.6 Å². The number of carbonyl (C=O) groups is 4. The lowest BCUT2D eigenvalue weighted by atomic mass is 9.63. The lowest BCUT2D eigenvalue weighted by Crippen LogP contribution is -2.38. The van der Waals surface area contributed by atoms with E-state index in [1.807, 2.05) is 0 Å². The zero-order valence-electron chi connectivity index (χ0n) is 29.3.